The molecular weight excluding hydrogens is 591 g/mol. The van der Waals surface area contributed by atoms with Crippen LogP contribution in [0.5, 0.6) is 5.75 Å². The molecule has 2 aliphatic carbocycles. The van der Waals surface area contributed by atoms with E-state index in [1.807, 2.05) is 65.7 Å². The molecule has 1 amide bonds. The fourth-order valence-corrected chi connectivity index (χ4v) is 7.12. The predicted octanol–water partition coefficient (Wildman–Crippen LogP) is 6.29. The molecule has 9 heteroatoms. The molecule has 0 N–H and O–H groups in total. The molecule has 4 aromatic carbocycles. The third-order valence-corrected chi connectivity index (χ3v) is 9.06. The Morgan fingerprint density at radius 3 is 2.41 bits per heavy atom. The van der Waals surface area contributed by atoms with Gasteiger partial charge in [0.05, 0.1) is 0 Å². The van der Waals surface area contributed by atoms with Crippen LogP contribution in [0.2, 0.25) is 0 Å². The molecule has 6 nitrogen and oxygen atoms in total. The van der Waals surface area contributed by atoms with Crippen LogP contribution in [0.4, 0.5) is 13.2 Å². The largest absolute Gasteiger partial charge is 0.482 e. The number of carbonyl (C=O) groups is 1. The Balaban J connectivity index is 1.36. The molecule has 0 saturated heterocycles. The van der Waals surface area contributed by atoms with E-state index >= 15 is 4.39 Å². The second-order valence-electron chi connectivity index (χ2n) is 11.7. The number of pyridine rings is 1. The first-order chi connectivity index (χ1) is 22.4. The van der Waals surface area contributed by atoms with Crippen LogP contribution in [-0.2, 0) is 25.1 Å². The number of ether oxygens (including phenoxy) is 1. The first-order valence-electron chi connectivity index (χ1n) is 14.9. The molecule has 0 spiro atoms. The van der Waals surface area contributed by atoms with Gasteiger partial charge in [0.1, 0.15) is 24.6 Å². The van der Waals surface area contributed by atoms with Crippen LogP contribution in [0.25, 0.3) is 6.08 Å². The van der Waals surface area contributed by atoms with E-state index < -0.39 is 34.3 Å². The Morgan fingerprint density at radius 1 is 0.804 bits per heavy atom. The van der Waals surface area contributed by atoms with Gasteiger partial charge in [-0.05, 0) is 51.6 Å². The van der Waals surface area contributed by atoms with Crippen LogP contribution in [0.1, 0.15) is 43.9 Å². The molecule has 5 aromatic rings. The van der Waals surface area contributed by atoms with Crippen LogP contribution in [-0.4, -0.2) is 22.2 Å². The molecule has 1 unspecified atom stereocenters. The summed E-state index contributed by atoms with van der Waals surface area (Å²) in [5.74, 6) is -2.93. The van der Waals surface area contributed by atoms with Gasteiger partial charge < -0.3 is 9.64 Å². The van der Waals surface area contributed by atoms with Crippen LogP contribution >= 0.6 is 0 Å². The van der Waals surface area contributed by atoms with Crippen molar-refractivity contribution in [2.75, 3.05) is 11.7 Å². The van der Waals surface area contributed by atoms with E-state index in [-0.39, 0.29) is 43.2 Å². The number of rotatable bonds is 6. The van der Waals surface area contributed by atoms with Gasteiger partial charge in [0.2, 0.25) is 5.43 Å². The van der Waals surface area contributed by atoms with E-state index in [4.69, 9.17) is 4.74 Å². The molecule has 2 heterocycles. The van der Waals surface area contributed by atoms with E-state index in [9.17, 15) is 18.4 Å². The third-order valence-electron chi connectivity index (χ3n) is 9.06. The highest BCUT2D eigenvalue weighted by Crippen LogP contribution is 2.56. The smallest absolute Gasteiger partial charge is 0.278 e. The number of hydrogen-bond donors (Lipinski definition) is 0. The average molecular weight is 618 g/mol. The molecule has 8 rings (SSSR count). The molecule has 1 aromatic heterocycles. The van der Waals surface area contributed by atoms with Crippen molar-refractivity contribution in [2.24, 2.45) is 0 Å². The second kappa shape index (κ2) is 10.5. The van der Waals surface area contributed by atoms with Crippen molar-refractivity contribution < 1.29 is 22.7 Å². The standard InChI is InChI=1S/C37H26F3N3O3/c38-27-11-6-9-24(17-27)20-41-22-43(42-16-15-32(44)35(34(42)36(41)45)46-21-23-7-2-1-3-8-23)37-26(18-25-10-4-5-12-29(25)37)19-28-30(37)13-14-31(39)33(28)40/h1-18H,19-22H2. The minimum Gasteiger partial charge on any atom is -0.482 e. The molecule has 3 aliphatic rings. The summed E-state index contributed by atoms with van der Waals surface area (Å²) in [6, 6.07) is 27.0. The topological polar surface area (TPSA) is 54.8 Å². The summed E-state index contributed by atoms with van der Waals surface area (Å²) >= 11 is 0. The van der Waals surface area contributed by atoms with Gasteiger partial charge in [0, 0.05) is 30.8 Å². The van der Waals surface area contributed by atoms with Crippen molar-refractivity contribution in [2.45, 2.75) is 25.1 Å². The van der Waals surface area contributed by atoms with Crippen LogP contribution in [0.3, 0.4) is 0 Å². The minimum atomic E-state index is -1.15. The zero-order valence-electron chi connectivity index (χ0n) is 24.4. The quantitative estimate of drug-likeness (QED) is 0.225. The number of benzene rings is 4. The van der Waals surface area contributed by atoms with Gasteiger partial charge in [0.25, 0.3) is 5.91 Å². The number of nitrogens with zero attached hydrogens (tertiary/aromatic N) is 3. The fourth-order valence-electron chi connectivity index (χ4n) is 7.12. The Kier molecular flexibility index (Phi) is 6.39. The van der Waals surface area contributed by atoms with E-state index in [0.29, 0.717) is 11.1 Å². The molecule has 46 heavy (non-hydrogen) atoms. The van der Waals surface area contributed by atoms with E-state index in [0.717, 1.165) is 28.3 Å². The summed E-state index contributed by atoms with van der Waals surface area (Å²) < 4.78 is 52.1. The molecule has 0 saturated carbocycles. The number of fused-ring (bicyclic) bond motifs is 6. The van der Waals surface area contributed by atoms with Gasteiger partial charge in [-0.2, -0.15) is 0 Å². The van der Waals surface area contributed by atoms with E-state index in [1.165, 1.54) is 29.3 Å². The van der Waals surface area contributed by atoms with Crippen molar-refractivity contribution in [1.82, 2.24) is 9.58 Å². The summed E-state index contributed by atoms with van der Waals surface area (Å²) in [5, 5.41) is 1.90. The number of halogens is 3. The molecule has 0 bridgehead atoms. The summed E-state index contributed by atoms with van der Waals surface area (Å²) in [6.45, 7) is 0.0416. The van der Waals surface area contributed by atoms with Gasteiger partial charge in [-0.15, -0.1) is 0 Å². The average Bonchev–Trinajstić information content (AvgIpc) is 3.56. The monoisotopic (exact) mass is 617 g/mol. The molecular formula is C37H26F3N3O3. The lowest BCUT2D eigenvalue weighted by atomic mass is 9.83. The molecule has 0 fully saturated rings. The maximum absolute atomic E-state index is 15.5. The van der Waals surface area contributed by atoms with Crippen molar-refractivity contribution in [3.05, 3.63) is 176 Å². The molecule has 0 radical (unpaired) electrons. The fraction of sp³-hybridized carbons (Fsp3) is 0.135. The Labute approximate surface area is 262 Å². The van der Waals surface area contributed by atoms with Gasteiger partial charge >= 0.3 is 0 Å². The van der Waals surface area contributed by atoms with E-state index in [2.05, 4.69) is 0 Å². The number of amides is 1. The van der Waals surface area contributed by atoms with Crippen molar-refractivity contribution in [3.8, 4) is 5.75 Å². The lowest BCUT2D eigenvalue weighted by Crippen LogP contribution is -2.62. The number of hydrogen-bond acceptors (Lipinski definition) is 4. The lowest BCUT2D eigenvalue weighted by molar-refractivity contribution is 0.0649. The SMILES string of the molecule is O=C1c2c(OCc3ccccc3)c(=O)ccn2N(C23C(=Cc4ccccc42)Cc2c3ccc(F)c2F)CN1Cc1cccc(F)c1. The van der Waals surface area contributed by atoms with Crippen LogP contribution in [0.15, 0.2) is 114 Å². The van der Waals surface area contributed by atoms with Gasteiger partial charge in [0.15, 0.2) is 23.1 Å². The normalized spacial score (nSPS) is 17.7. The lowest BCUT2D eigenvalue weighted by Gasteiger charge is -2.49. The zero-order chi connectivity index (χ0) is 31.6. The number of carbonyl (C=O) groups excluding carboxylic acids is 1. The first-order valence-corrected chi connectivity index (χ1v) is 14.9. The minimum absolute atomic E-state index is 0.0137. The zero-order valence-corrected chi connectivity index (χ0v) is 24.4. The van der Waals surface area contributed by atoms with Crippen molar-refractivity contribution in [3.63, 3.8) is 0 Å². The first kappa shape index (κ1) is 27.9. The summed E-state index contributed by atoms with van der Waals surface area (Å²) in [6.07, 6.45) is 3.65. The van der Waals surface area contributed by atoms with E-state index in [1.54, 1.807) is 22.9 Å². The van der Waals surface area contributed by atoms with Gasteiger partial charge in [-0.3, -0.25) is 19.3 Å². The predicted molar refractivity (Wildman–Crippen MR) is 166 cm³/mol. The Hall–Kier alpha value is -5.57. The van der Waals surface area contributed by atoms with Gasteiger partial charge in [-0.25, -0.2) is 13.2 Å². The highest BCUT2D eigenvalue weighted by atomic mass is 19.2. The number of aromatic nitrogens is 1. The molecule has 1 atom stereocenters. The summed E-state index contributed by atoms with van der Waals surface area (Å²) in [7, 11) is 0. The van der Waals surface area contributed by atoms with Crippen LogP contribution < -0.4 is 15.2 Å². The Morgan fingerprint density at radius 2 is 1.59 bits per heavy atom. The highest BCUT2D eigenvalue weighted by Gasteiger charge is 2.56. The van der Waals surface area contributed by atoms with Crippen molar-refractivity contribution in [1.29, 1.82) is 0 Å². The Bertz CT molecular complexity index is 2150. The maximum atomic E-state index is 15.5. The summed E-state index contributed by atoms with van der Waals surface area (Å²) in [5.41, 5.74) is 3.01. The third kappa shape index (κ3) is 4.11. The van der Waals surface area contributed by atoms with Crippen molar-refractivity contribution >= 4 is 12.0 Å². The molecule has 1 aliphatic heterocycles. The molecule has 228 valence electrons. The van der Waals surface area contributed by atoms with Gasteiger partial charge in [-0.1, -0.05) is 78.9 Å². The second-order valence-corrected chi connectivity index (χ2v) is 11.7. The maximum Gasteiger partial charge on any atom is 0.278 e. The summed E-state index contributed by atoms with van der Waals surface area (Å²) in [4.78, 5) is 29.3. The highest BCUT2D eigenvalue weighted by molar-refractivity contribution is 5.96. The van der Waals surface area contributed by atoms with Crippen LogP contribution in [0, 0.1) is 17.5 Å².